The highest BCUT2D eigenvalue weighted by molar-refractivity contribution is 9.10. The van der Waals surface area contributed by atoms with Gasteiger partial charge in [-0.2, -0.15) is 0 Å². The number of hydrogen-bond donors (Lipinski definition) is 1. The molecule has 0 saturated carbocycles. The summed E-state index contributed by atoms with van der Waals surface area (Å²) in [5.74, 6) is -0.559. The van der Waals surface area contributed by atoms with Crippen LogP contribution in [0.5, 0.6) is 0 Å². The number of carbonyl (C=O) groups excluding carboxylic acids is 2. The van der Waals surface area contributed by atoms with Gasteiger partial charge in [-0.1, -0.05) is 81.6 Å². The van der Waals surface area contributed by atoms with Gasteiger partial charge in [-0.25, -0.2) is 8.42 Å². The van der Waals surface area contributed by atoms with Gasteiger partial charge < -0.3 is 10.2 Å². The minimum atomic E-state index is -3.71. The van der Waals surface area contributed by atoms with Gasteiger partial charge in [0, 0.05) is 42.5 Å². The summed E-state index contributed by atoms with van der Waals surface area (Å²) >= 11 is 15.8. The molecule has 0 radical (unpaired) electrons. The van der Waals surface area contributed by atoms with Crippen molar-refractivity contribution in [3.05, 3.63) is 98.4 Å². The van der Waals surface area contributed by atoms with Crippen molar-refractivity contribution in [1.82, 2.24) is 10.2 Å². The molecule has 0 aliphatic heterocycles. The monoisotopic (exact) mass is 653 g/mol. The van der Waals surface area contributed by atoms with Crippen LogP contribution in [0.4, 0.5) is 5.69 Å². The number of nitrogens with zero attached hydrogens (tertiary/aromatic N) is 2. The molecule has 0 bridgehead atoms. The molecule has 39 heavy (non-hydrogen) atoms. The van der Waals surface area contributed by atoms with E-state index in [2.05, 4.69) is 21.2 Å². The van der Waals surface area contributed by atoms with Gasteiger partial charge >= 0.3 is 0 Å². The summed E-state index contributed by atoms with van der Waals surface area (Å²) in [6.45, 7) is 0.220. The van der Waals surface area contributed by atoms with E-state index in [0.717, 1.165) is 26.2 Å². The number of likely N-dealkylation sites (N-methyl/N-ethyl adjacent to an activating group) is 1. The number of halogens is 3. The van der Waals surface area contributed by atoms with Gasteiger partial charge in [0.25, 0.3) is 0 Å². The van der Waals surface area contributed by atoms with Gasteiger partial charge in [-0.05, 0) is 47.9 Å². The largest absolute Gasteiger partial charge is 0.357 e. The smallest absolute Gasteiger partial charge is 0.242 e. The molecular weight excluding hydrogens is 625 g/mol. The summed E-state index contributed by atoms with van der Waals surface area (Å²) in [5, 5.41) is 3.26. The minimum Gasteiger partial charge on any atom is -0.357 e. The highest BCUT2D eigenvalue weighted by Gasteiger charge is 2.30. The first-order valence-corrected chi connectivity index (χ1v) is 15.6. The molecule has 0 heterocycles. The second-order valence-electron chi connectivity index (χ2n) is 9.01. The number of carbonyl (C=O) groups is 2. The van der Waals surface area contributed by atoms with Crippen LogP contribution in [0.3, 0.4) is 0 Å². The lowest BCUT2D eigenvalue weighted by molar-refractivity contribution is -0.141. The zero-order valence-electron chi connectivity index (χ0n) is 21.6. The van der Waals surface area contributed by atoms with E-state index < -0.39 is 16.1 Å². The Labute approximate surface area is 248 Å². The summed E-state index contributed by atoms with van der Waals surface area (Å²) in [5.41, 5.74) is 2.01. The number of sulfonamides is 1. The lowest BCUT2D eigenvalue weighted by Crippen LogP contribution is -2.49. The first-order valence-electron chi connectivity index (χ1n) is 12.2. The van der Waals surface area contributed by atoms with Crippen LogP contribution in [-0.4, -0.2) is 51.0 Å². The van der Waals surface area contributed by atoms with Gasteiger partial charge in [0.15, 0.2) is 0 Å². The van der Waals surface area contributed by atoms with Crippen molar-refractivity contribution in [2.75, 3.05) is 24.2 Å². The van der Waals surface area contributed by atoms with E-state index in [-0.39, 0.29) is 48.5 Å². The van der Waals surface area contributed by atoms with Crippen molar-refractivity contribution in [3.8, 4) is 0 Å². The molecule has 3 rings (SSSR count). The van der Waals surface area contributed by atoms with Gasteiger partial charge in [-0.15, -0.1) is 0 Å². The quantitative estimate of drug-likeness (QED) is 0.272. The lowest BCUT2D eigenvalue weighted by Gasteiger charge is -2.31. The molecule has 0 aliphatic carbocycles. The zero-order valence-corrected chi connectivity index (χ0v) is 25.5. The maximum Gasteiger partial charge on any atom is 0.242 e. The molecule has 1 atom stereocenters. The molecule has 208 valence electrons. The van der Waals surface area contributed by atoms with E-state index >= 15 is 0 Å². The molecule has 3 aromatic carbocycles. The number of nitrogens with one attached hydrogen (secondary N) is 1. The van der Waals surface area contributed by atoms with Crippen molar-refractivity contribution in [1.29, 1.82) is 0 Å². The third-order valence-corrected chi connectivity index (χ3v) is 8.32. The van der Waals surface area contributed by atoms with Gasteiger partial charge in [0.1, 0.15) is 6.04 Å². The number of amides is 2. The van der Waals surface area contributed by atoms with Crippen LogP contribution < -0.4 is 9.62 Å². The fraction of sp³-hybridized carbons (Fsp3) is 0.286. The third kappa shape index (κ3) is 8.96. The lowest BCUT2D eigenvalue weighted by atomic mass is 10.0. The normalized spacial score (nSPS) is 12.0. The molecule has 0 saturated heterocycles. The Morgan fingerprint density at radius 3 is 2.31 bits per heavy atom. The standard InChI is InChI=1S/C28H30BrCl2N3O4S/c1-32-28(36)26(17-20-8-4-3-5-9-20)33(19-21-10-6-11-22(29)16-21)27(35)12-7-15-34(39(2,37)38)25-18-23(30)13-14-24(25)31/h3-6,8-11,13-14,16,18,26H,7,12,15,17,19H2,1-2H3,(H,32,36)/t26-/m1/s1. The second kappa shape index (κ2) is 14.2. The van der Waals surface area contributed by atoms with E-state index in [9.17, 15) is 18.0 Å². The Bertz CT molecular complexity index is 1410. The van der Waals surface area contributed by atoms with Crippen molar-refractivity contribution in [2.45, 2.75) is 31.8 Å². The fourth-order valence-corrected chi connectivity index (χ4v) is 6.06. The van der Waals surface area contributed by atoms with Gasteiger partial charge in [-0.3, -0.25) is 13.9 Å². The summed E-state index contributed by atoms with van der Waals surface area (Å²) in [4.78, 5) is 28.3. The maximum atomic E-state index is 13.7. The second-order valence-corrected chi connectivity index (χ2v) is 12.7. The Morgan fingerprint density at radius 2 is 1.67 bits per heavy atom. The van der Waals surface area contributed by atoms with E-state index in [0.29, 0.717) is 11.4 Å². The highest BCUT2D eigenvalue weighted by Crippen LogP contribution is 2.31. The van der Waals surface area contributed by atoms with E-state index in [1.165, 1.54) is 12.1 Å². The molecular formula is C28H30BrCl2N3O4S. The van der Waals surface area contributed by atoms with Crippen LogP contribution >= 0.6 is 39.1 Å². The van der Waals surface area contributed by atoms with Crippen molar-refractivity contribution >= 4 is 66.7 Å². The molecule has 0 aromatic heterocycles. The average molecular weight is 655 g/mol. The summed E-state index contributed by atoms with van der Waals surface area (Å²) in [6, 6.07) is 20.8. The maximum absolute atomic E-state index is 13.7. The van der Waals surface area contributed by atoms with Crippen LogP contribution in [0, 0.1) is 0 Å². The predicted octanol–water partition coefficient (Wildman–Crippen LogP) is 5.69. The Hall–Kier alpha value is -2.59. The number of anilines is 1. The first kappa shape index (κ1) is 30.9. The Balaban J connectivity index is 1.86. The third-order valence-electron chi connectivity index (χ3n) is 6.09. The van der Waals surface area contributed by atoms with Crippen LogP contribution in [-0.2, 0) is 32.6 Å². The molecule has 0 spiro atoms. The number of benzene rings is 3. The van der Waals surface area contributed by atoms with Gasteiger partial charge in [0.2, 0.25) is 21.8 Å². The van der Waals surface area contributed by atoms with Crippen molar-refractivity contribution in [3.63, 3.8) is 0 Å². The number of hydrogen-bond acceptors (Lipinski definition) is 4. The van der Waals surface area contributed by atoms with Gasteiger partial charge in [0.05, 0.1) is 17.0 Å². The Kier molecular flexibility index (Phi) is 11.2. The topological polar surface area (TPSA) is 86.8 Å². The molecule has 7 nitrogen and oxygen atoms in total. The van der Waals surface area contributed by atoms with E-state index in [4.69, 9.17) is 23.2 Å². The molecule has 0 aliphatic rings. The first-order chi connectivity index (χ1) is 18.5. The predicted molar refractivity (Wildman–Crippen MR) is 161 cm³/mol. The number of rotatable bonds is 12. The molecule has 0 unspecified atom stereocenters. The van der Waals surface area contributed by atoms with Crippen molar-refractivity contribution in [2.24, 2.45) is 0 Å². The molecule has 3 aromatic rings. The summed E-state index contributed by atoms with van der Waals surface area (Å²) in [7, 11) is -2.16. The van der Waals surface area contributed by atoms with E-state index in [1.54, 1.807) is 18.0 Å². The molecule has 2 amide bonds. The fourth-order valence-electron chi connectivity index (χ4n) is 4.21. The Morgan fingerprint density at radius 1 is 0.974 bits per heavy atom. The highest BCUT2D eigenvalue weighted by atomic mass is 79.9. The zero-order chi connectivity index (χ0) is 28.6. The van der Waals surface area contributed by atoms with E-state index in [1.807, 2.05) is 54.6 Å². The average Bonchev–Trinajstić information content (AvgIpc) is 2.89. The summed E-state index contributed by atoms with van der Waals surface area (Å²) < 4.78 is 27.2. The minimum absolute atomic E-state index is 0.0126. The molecule has 1 N–H and O–H groups in total. The van der Waals surface area contributed by atoms with Crippen LogP contribution in [0.2, 0.25) is 10.0 Å². The van der Waals surface area contributed by atoms with Crippen LogP contribution in [0.25, 0.3) is 0 Å². The van der Waals surface area contributed by atoms with Crippen LogP contribution in [0.1, 0.15) is 24.0 Å². The molecule has 11 heteroatoms. The van der Waals surface area contributed by atoms with Crippen LogP contribution in [0.15, 0.2) is 77.3 Å². The molecule has 0 fully saturated rings. The summed E-state index contributed by atoms with van der Waals surface area (Å²) in [6.07, 6.45) is 1.62. The SMILES string of the molecule is CNC(=O)[C@@H](Cc1ccccc1)N(Cc1cccc(Br)c1)C(=O)CCCN(c1cc(Cl)ccc1Cl)S(C)(=O)=O. The van der Waals surface area contributed by atoms with Crippen molar-refractivity contribution < 1.29 is 18.0 Å².